The minimum atomic E-state index is -0.836. The summed E-state index contributed by atoms with van der Waals surface area (Å²) < 4.78 is 7.92. The zero-order chi connectivity index (χ0) is 26.8. The van der Waals surface area contributed by atoms with Crippen LogP contribution in [0.25, 0.3) is 11.1 Å². The van der Waals surface area contributed by atoms with Crippen molar-refractivity contribution in [1.29, 1.82) is 5.26 Å². The summed E-state index contributed by atoms with van der Waals surface area (Å²) in [6, 6.07) is 23.6. The molecular formula is C31H35N3O3. The third kappa shape index (κ3) is 5.46. The molecular weight excluding hydrogens is 462 g/mol. The molecule has 2 heterocycles. The molecule has 0 unspecified atom stereocenters. The van der Waals surface area contributed by atoms with Gasteiger partial charge < -0.3 is 14.2 Å². The van der Waals surface area contributed by atoms with Crippen molar-refractivity contribution in [3.63, 3.8) is 0 Å². The quantitative estimate of drug-likeness (QED) is 0.358. The van der Waals surface area contributed by atoms with Crippen LogP contribution in [0.4, 0.5) is 4.79 Å². The molecule has 1 aromatic heterocycles. The van der Waals surface area contributed by atoms with Gasteiger partial charge in [0.05, 0.1) is 17.5 Å². The zero-order valence-corrected chi connectivity index (χ0v) is 22.3. The second-order valence-corrected chi connectivity index (χ2v) is 10.9. The first-order valence-corrected chi connectivity index (χ1v) is 12.8. The molecule has 2 aromatic carbocycles. The standard InChI is InChI=1S/C31H35N3O3/c1-22(2)34-19-26(15-16-28(34)35)25-13-11-24(12-14-25)23(3)33-18-17-31(37-29(33)36,20-30(4,5)21-32)27-9-7-6-8-10-27/h6-16,19,22-23H,17-18,20H2,1-5H3/t23-,31-/m0/s1. The first-order valence-electron chi connectivity index (χ1n) is 12.8. The van der Waals surface area contributed by atoms with E-state index in [4.69, 9.17) is 4.74 Å². The van der Waals surface area contributed by atoms with Crippen LogP contribution in [-0.4, -0.2) is 22.1 Å². The van der Waals surface area contributed by atoms with Crippen LogP contribution < -0.4 is 5.56 Å². The van der Waals surface area contributed by atoms with Gasteiger partial charge in [0.2, 0.25) is 0 Å². The molecule has 0 bridgehead atoms. The van der Waals surface area contributed by atoms with Crippen molar-refractivity contribution in [2.24, 2.45) is 5.41 Å². The van der Waals surface area contributed by atoms with Crippen molar-refractivity contribution in [2.45, 2.75) is 65.1 Å². The van der Waals surface area contributed by atoms with Crippen molar-refractivity contribution in [2.75, 3.05) is 6.54 Å². The van der Waals surface area contributed by atoms with Crippen molar-refractivity contribution in [1.82, 2.24) is 9.47 Å². The molecule has 0 radical (unpaired) electrons. The summed E-state index contributed by atoms with van der Waals surface area (Å²) in [6.45, 7) is 10.3. The smallest absolute Gasteiger partial charge is 0.411 e. The summed E-state index contributed by atoms with van der Waals surface area (Å²) in [5.74, 6) is 0. The lowest BCUT2D eigenvalue weighted by Crippen LogP contribution is -2.50. The Bertz CT molecular complexity index is 1350. The van der Waals surface area contributed by atoms with Crippen molar-refractivity contribution in [3.05, 3.63) is 94.4 Å². The van der Waals surface area contributed by atoms with E-state index in [9.17, 15) is 14.9 Å². The first kappa shape index (κ1) is 26.2. The van der Waals surface area contributed by atoms with Gasteiger partial charge in [0, 0.05) is 37.7 Å². The Hall–Kier alpha value is -3.85. The Balaban J connectivity index is 1.55. The lowest BCUT2D eigenvalue weighted by atomic mass is 9.75. The van der Waals surface area contributed by atoms with Crippen LogP contribution in [0.5, 0.6) is 0 Å². The van der Waals surface area contributed by atoms with Crippen LogP contribution in [0.2, 0.25) is 0 Å². The minimum Gasteiger partial charge on any atom is -0.438 e. The van der Waals surface area contributed by atoms with Gasteiger partial charge in [-0.2, -0.15) is 5.26 Å². The minimum absolute atomic E-state index is 0.0164. The summed E-state index contributed by atoms with van der Waals surface area (Å²) >= 11 is 0. The number of ether oxygens (including phenoxy) is 1. The van der Waals surface area contributed by atoms with Crippen molar-refractivity contribution in [3.8, 4) is 17.2 Å². The summed E-state index contributed by atoms with van der Waals surface area (Å²) in [6.07, 6.45) is 2.55. The van der Waals surface area contributed by atoms with E-state index in [1.54, 1.807) is 15.5 Å². The number of aromatic nitrogens is 1. The fourth-order valence-corrected chi connectivity index (χ4v) is 5.16. The Morgan fingerprint density at radius 3 is 2.22 bits per heavy atom. The normalized spacial score (nSPS) is 18.8. The molecule has 0 saturated carbocycles. The number of cyclic esters (lactones) is 1. The molecule has 1 aliphatic rings. The zero-order valence-electron chi connectivity index (χ0n) is 22.3. The Morgan fingerprint density at radius 2 is 1.62 bits per heavy atom. The summed E-state index contributed by atoms with van der Waals surface area (Å²) in [5.41, 5.74) is 2.41. The predicted molar refractivity (Wildman–Crippen MR) is 145 cm³/mol. The van der Waals surface area contributed by atoms with Gasteiger partial charge in [0.1, 0.15) is 5.60 Å². The van der Waals surface area contributed by atoms with E-state index in [1.807, 2.05) is 101 Å². The number of rotatable bonds is 7. The molecule has 0 spiro atoms. The number of hydrogen-bond acceptors (Lipinski definition) is 4. The Morgan fingerprint density at radius 1 is 0.973 bits per heavy atom. The second-order valence-electron chi connectivity index (χ2n) is 10.9. The molecule has 1 saturated heterocycles. The van der Waals surface area contributed by atoms with Gasteiger partial charge in [-0.05, 0) is 62.9 Å². The largest absolute Gasteiger partial charge is 0.438 e. The Labute approximate surface area is 219 Å². The lowest BCUT2D eigenvalue weighted by Gasteiger charge is -2.45. The molecule has 6 heteroatoms. The number of pyridine rings is 1. The molecule has 6 nitrogen and oxygen atoms in total. The van der Waals surface area contributed by atoms with E-state index in [0.29, 0.717) is 19.4 Å². The van der Waals surface area contributed by atoms with Gasteiger partial charge in [0.15, 0.2) is 0 Å². The average Bonchev–Trinajstić information content (AvgIpc) is 2.89. The molecule has 1 aliphatic heterocycles. The molecule has 4 rings (SSSR count). The van der Waals surface area contributed by atoms with Crippen LogP contribution >= 0.6 is 0 Å². The number of carbonyl (C=O) groups is 1. The number of benzene rings is 2. The molecule has 1 amide bonds. The van der Waals surface area contributed by atoms with Gasteiger partial charge in [-0.15, -0.1) is 0 Å². The van der Waals surface area contributed by atoms with Crippen LogP contribution in [0.1, 0.15) is 70.7 Å². The summed E-state index contributed by atoms with van der Waals surface area (Å²) in [5, 5.41) is 9.68. The highest BCUT2D eigenvalue weighted by Crippen LogP contribution is 2.44. The molecule has 192 valence electrons. The molecule has 37 heavy (non-hydrogen) atoms. The fraction of sp³-hybridized carbons (Fsp3) is 0.387. The van der Waals surface area contributed by atoms with Gasteiger partial charge in [0.25, 0.3) is 5.56 Å². The Kier molecular flexibility index (Phi) is 7.27. The molecule has 3 aromatic rings. The van der Waals surface area contributed by atoms with Crippen molar-refractivity contribution < 1.29 is 9.53 Å². The maximum atomic E-state index is 13.4. The third-order valence-corrected chi connectivity index (χ3v) is 7.29. The number of hydrogen-bond donors (Lipinski definition) is 0. The fourth-order valence-electron chi connectivity index (χ4n) is 5.16. The van der Waals surface area contributed by atoms with E-state index in [-0.39, 0.29) is 23.7 Å². The van der Waals surface area contributed by atoms with E-state index in [1.165, 1.54) is 0 Å². The number of nitrogens with zero attached hydrogens (tertiary/aromatic N) is 3. The topological polar surface area (TPSA) is 75.3 Å². The average molecular weight is 498 g/mol. The second kappa shape index (κ2) is 10.3. The van der Waals surface area contributed by atoms with Gasteiger partial charge in [-0.1, -0.05) is 54.6 Å². The van der Waals surface area contributed by atoms with Gasteiger partial charge in [-0.3, -0.25) is 4.79 Å². The molecule has 1 fully saturated rings. The van der Waals surface area contributed by atoms with E-state index >= 15 is 0 Å². The predicted octanol–water partition coefficient (Wildman–Crippen LogP) is 6.83. The molecule has 0 N–H and O–H groups in total. The van der Waals surface area contributed by atoms with Crippen LogP contribution in [-0.2, 0) is 10.3 Å². The van der Waals surface area contributed by atoms with Gasteiger partial charge in [-0.25, -0.2) is 4.79 Å². The van der Waals surface area contributed by atoms with Gasteiger partial charge >= 0.3 is 6.09 Å². The molecule has 0 aliphatic carbocycles. The summed E-state index contributed by atoms with van der Waals surface area (Å²) in [4.78, 5) is 27.3. The van der Waals surface area contributed by atoms with Crippen LogP contribution in [0.3, 0.4) is 0 Å². The van der Waals surface area contributed by atoms with E-state index < -0.39 is 11.0 Å². The SMILES string of the molecule is CC(C)n1cc(-c2ccc([C@H](C)N3CC[C@](CC(C)(C)C#N)(c4ccccc4)OC3=O)cc2)ccc1=O. The lowest BCUT2D eigenvalue weighted by molar-refractivity contribution is -0.0770. The maximum Gasteiger partial charge on any atom is 0.411 e. The monoisotopic (exact) mass is 497 g/mol. The van der Waals surface area contributed by atoms with Crippen molar-refractivity contribution >= 4 is 6.09 Å². The third-order valence-electron chi connectivity index (χ3n) is 7.29. The highest BCUT2D eigenvalue weighted by Gasteiger charge is 2.46. The van der Waals surface area contributed by atoms with E-state index in [0.717, 1.165) is 22.3 Å². The first-order chi connectivity index (χ1) is 17.5. The number of carbonyl (C=O) groups excluding carboxylic acids is 1. The number of nitriles is 1. The highest BCUT2D eigenvalue weighted by molar-refractivity contribution is 5.70. The molecule has 2 atom stereocenters. The van der Waals surface area contributed by atoms with E-state index in [2.05, 4.69) is 6.07 Å². The van der Waals surface area contributed by atoms with Crippen LogP contribution in [0, 0.1) is 16.7 Å². The number of amides is 1. The summed E-state index contributed by atoms with van der Waals surface area (Å²) in [7, 11) is 0. The maximum absolute atomic E-state index is 13.4. The van der Waals surface area contributed by atoms with Crippen LogP contribution in [0.15, 0.2) is 77.7 Å². The highest BCUT2D eigenvalue weighted by atomic mass is 16.6.